The summed E-state index contributed by atoms with van der Waals surface area (Å²) in [5, 5.41) is 28.2. The van der Waals surface area contributed by atoms with E-state index in [0.717, 1.165) is 6.33 Å². The number of aromatic nitrogens is 4. The molecule has 3 aromatic heterocycles. The van der Waals surface area contributed by atoms with E-state index in [0.29, 0.717) is 12.9 Å². The quantitative estimate of drug-likeness (QED) is 0.123. The Balaban J connectivity index is 1.26. The zero-order chi connectivity index (χ0) is 31.0. The van der Waals surface area contributed by atoms with Crippen molar-refractivity contribution in [3.05, 3.63) is 58.3 Å². The van der Waals surface area contributed by atoms with E-state index in [9.17, 15) is 29.4 Å². The van der Waals surface area contributed by atoms with Crippen molar-refractivity contribution in [3.63, 3.8) is 0 Å². The maximum absolute atomic E-state index is 13.3. The molecule has 236 valence electrons. The average Bonchev–Trinajstić information content (AvgIpc) is 3.73. The Bertz CT molecular complexity index is 1860. The summed E-state index contributed by atoms with van der Waals surface area (Å²) >= 11 is 3.95. The van der Waals surface area contributed by atoms with E-state index in [1.54, 1.807) is 12.3 Å². The number of nitrogens with one attached hydrogen (secondary N) is 4. The first-order valence-electron chi connectivity index (χ1n) is 12.7. The molecule has 44 heavy (non-hydrogen) atoms. The number of imidazole rings is 1. The molecule has 5 atom stereocenters. The minimum atomic E-state index is -5.23. The predicted octanol–water partition coefficient (Wildman–Crippen LogP) is -0.368. The van der Waals surface area contributed by atoms with E-state index in [1.165, 1.54) is 4.90 Å². The zero-order valence-corrected chi connectivity index (χ0v) is 24.7. The Morgan fingerprint density at radius 3 is 2.89 bits per heavy atom. The number of anilines is 1. The van der Waals surface area contributed by atoms with Gasteiger partial charge >= 0.3 is 250 Å². The molecule has 20 nitrogen and oxygen atoms in total. The van der Waals surface area contributed by atoms with Gasteiger partial charge in [-0.25, -0.2) is 0 Å². The molecule has 0 saturated carbocycles. The van der Waals surface area contributed by atoms with Crippen LogP contribution in [0.25, 0.3) is 16.9 Å². The van der Waals surface area contributed by atoms with Crippen molar-refractivity contribution in [1.29, 1.82) is 0 Å². The summed E-state index contributed by atoms with van der Waals surface area (Å²) in [6.45, 7) is -4.92. The van der Waals surface area contributed by atoms with Gasteiger partial charge in [-0.2, -0.15) is 0 Å². The van der Waals surface area contributed by atoms with E-state index in [-0.39, 0.29) is 34.6 Å². The third-order valence-electron chi connectivity index (χ3n) is 6.93. The summed E-state index contributed by atoms with van der Waals surface area (Å²) in [5.74, 6) is -3.61. The first kappa shape index (κ1) is 29.1. The van der Waals surface area contributed by atoms with Gasteiger partial charge in [-0.05, 0) is 0 Å². The summed E-state index contributed by atoms with van der Waals surface area (Å²) in [6.07, 6.45) is 2.47. The van der Waals surface area contributed by atoms with Crippen molar-refractivity contribution >= 4 is 50.0 Å². The molecule has 1 fully saturated rings. The van der Waals surface area contributed by atoms with Gasteiger partial charge in [0.05, 0.1) is 0 Å². The van der Waals surface area contributed by atoms with Crippen LogP contribution in [0.1, 0.15) is 11.6 Å². The number of fused-ring (bicyclic) bond motifs is 5. The van der Waals surface area contributed by atoms with Crippen LogP contribution < -0.4 is 31.4 Å². The molecule has 4 aliphatic heterocycles. The number of H-pyrrole nitrogens is 2. The number of nitrogens with zero attached hydrogens (tertiary/aromatic N) is 3. The van der Waals surface area contributed by atoms with Crippen LogP contribution in [0.3, 0.4) is 0 Å². The second kappa shape index (κ2) is 10.5. The number of furan rings is 1. The van der Waals surface area contributed by atoms with Crippen LogP contribution in [0.4, 0.5) is 5.88 Å². The third kappa shape index (κ3) is 5.02. The van der Waals surface area contributed by atoms with Crippen LogP contribution in [0, 0.1) is 5.92 Å². The number of rotatable bonds is 2. The molecule has 0 amide bonds. The van der Waals surface area contributed by atoms with Gasteiger partial charge in [0.1, 0.15) is 0 Å². The number of aliphatic hydroxyl groups is 1. The third-order valence-corrected chi connectivity index (χ3v) is 9.25. The molecule has 23 heteroatoms. The van der Waals surface area contributed by atoms with E-state index < -0.39 is 74.3 Å². The van der Waals surface area contributed by atoms with Crippen LogP contribution >= 0.6 is 27.2 Å². The van der Waals surface area contributed by atoms with E-state index >= 15 is 0 Å². The fraction of sp³-hybridized carbons (Fsp3) is 0.286. The number of thiol groups is 1. The van der Waals surface area contributed by atoms with Gasteiger partial charge in [-0.15, -0.1) is 0 Å². The zero-order valence-electron chi connectivity index (χ0n) is 21.9. The average molecular weight is 674 g/mol. The van der Waals surface area contributed by atoms with Crippen molar-refractivity contribution in [3.8, 4) is 11.5 Å². The summed E-state index contributed by atoms with van der Waals surface area (Å²) in [5.41, 5.74) is 5.45. The van der Waals surface area contributed by atoms with E-state index in [1.807, 2.05) is 0 Å². The van der Waals surface area contributed by atoms with Crippen LogP contribution in [0.2, 0.25) is 0 Å². The second-order valence-electron chi connectivity index (χ2n) is 9.73. The van der Waals surface area contributed by atoms with Gasteiger partial charge in [-0.3, -0.25) is 0 Å². The van der Waals surface area contributed by atoms with Crippen molar-refractivity contribution in [1.82, 2.24) is 30.6 Å². The van der Waals surface area contributed by atoms with Crippen molar-refractivity contribution in [2.24, 2.45) is 11.7 Å². The predicted molar refractivity (Wildman–Crippen MR) is 152 cm³/mol. The molecule has 7 rings (SSSR count). The van der Waals surface area contributed by atoms with Crippen molar-refractivity contribution < 1.29 is 51.8 Å². The molecular formula is C21H24N8O12P2S. The summed E-state index contributed by atoms with van der Waals surface area (Å²) in [7, 11) is -5.23. The number of aromatic hydroxyl groups is 1. The Morgan fingerprint density at radius 1 is 1.27 bits per heavy atom. The normalized spacial score (nSPS) is 31.7. The summed E-state index contributed by atoms with van der Waals surface area (Å²) < 4.78 is 45.8. The first-order chi connectivity index (χ1) is 20.9. The Hall–Kier alpha value is -3.62. The maximum atomic E-state index is 13.3. The standard InChI is InChI=1S/C21H24N8O12P2S/c22-16-7-1-2-29(19(7)25-5-23-16)21-12(31)13-9(39-21)4-36-42(33,34)40-14-11(30)8(3-37-43(35,44)41-13)38-15(14)18-27-10-17(28-18)24-6-26-20(10)32/h1-3,6-7,11,16,19,23,25,30-31,33-34,42H,4-5,22H2,(H,35,44)(H2,24,26,27,28,32)/b8-3+/t7?,11-,16?,19?,43?/m1/s1. The van der Waals surface area contributed by atoms with Crippen LogP contribution in [-0.2, 0) is 29.5 Å². The molecule has 0 radical (unpaired) electrons. The number of nitrogens with two attached hydrogens (primary N) is 1. The SMILES string of the molecule is NC1NCNC2C1C=CN2c1oc2c(c1O)OP(=O)(S)O/C=C1/OC(c3nc4c(=O)[nH]cnc4[nH]3)=C(O[PH](O)(O)OC2)[C@@H]1O. The van der Waals surface area contributed by atoms with Crippen LogP contribution in [-0.4, -0.2) is 65.0 Å². The Labute approximate surface area is 250 Å². The van der Waals surface area contributed by atoms with Crippen LogP contribution in [0.5, 0.6) is 11.5 Å². The molecule has 10 N–H and O–H groups in total. The molecule has 3 aromatic rings. The molecule has 1 saturated heterocycles. The fourth-order valence-corrected chi connectivity index (χ4v) is 6.86. The fourth-order valence-electron chi connectivity index (χ4n) is 4.91. The second-order valence-corrected chi connectivity index (χ2v) is 14.1. The summed E-state index contributed by atoms with van der Waals surface area (Å²) in [6, 6.07) is 0. The molecule has 0 aliphatic carbocycles. The van der Waals surface area contributed by atoms with E-state index in [2.05, 4.69) is 42.8 Å². The molecular weight excluding hydrogens is 650 g/mol. The number of ether oxygens (including phenoxy) is 1. The summed E-state index contributed by atoms with van der Waals surface area (Å²) in [4.78, 5) is 48.2. The van der Waals surface area contributed by atoms with E-state index in [4.69, 9.17) is 33.0 Å². The van der Waals surface area contributed by atoms with Gasteiger partial charge in [0.15, 0.2) is 0 Å². The molecule has 4 aliphatic rings. The number of aliphatic hydroxyl groups excluding tert-OH is 1. The molecule has 4 unspecified atom stereocenters. The molecule has 0 spiro atoms. The van der Waals surface area contributed by atoms with Gasteiger partial charge in [0, 0.05) is 0 Å². The Morgan fingerprint density at radius 2 is 2.09 bits per heavy atom. The Kier molecular flexibility index (Phi) is 6.94. The van der Waals surface area contributed by atoms with Crippen molar-refractivity contribution in [2.75, 3.05) is 11.6 Å². The van der Waals surface area contributed by atoms with Crippen molar-refractivity contribution in [2.45, 2.75) is 25.0 Å². The number of hydrogen-bond donors (Lipinski definition) is 10. The molecule has 0 aromatic carbocycles. The first-order valence-corrected chi connectivity index (χ1v) is 17.1. The number of hydrogen-bond acceptors (Lipinski definition) is 18. The molecule has 7 heterocycles. The van der Waals surface area contributed by atoms with Gasteiger partial charge < -0.3 is 0 Å². The van der Waals surface area contributed by atoms with Crippen LogP contribution in [0.15, 0.2) is 45.6 Å². The van der Waals surface area contributed by atoms with Gasteiger partial charge in [-0.1, -0.05) is 0 Å². The molecule has 2 bridgehead atoms. The monoisotopic (exact) mass is 674 g/mol. The topological polar surface area (TPSA) is 285 Å². The number of aromatic amines is 2. The van der Waals surface area contributed by atoms with Gasteiger partial charge in [0.25, 0.3) is 0 Å². The minimum absolute atomic E-state index is 0.0413. The van der Waals surface area contributed by atoms with Gasteiger partial charge in [0.2, 0.25) is 0 Å².